The van der Waals surface area contributed by atoms with Crippen molar-refractivity contribution in [2.24, 2.45) is 34.6 Å². The van der Waals surface area contributed by atoms with E-state index in [2.05, 4.69) is 92.4 Å². The second kappa shape index (κ2) is 26.5. The van der Waals surface area contributed by atoms with Gasteiger partial charge in [0.15, 0.2) is 0 Å². The molecule has 12 nitrogen and oxygen atoms in total. The van der Waals surface area contributed by atoms with E-state index in [4.69, 9.17) is 9.47 Å². The van der Waals surface area contributed by atoms with E-state index in [-0.39, 0.29) is 69.1 Å². The first-order chi connectivity index (χ1) is 22.2. The van der Waals surface area contributed by atoms with Gasteiger partial charge in [-0.2, -0.15) is 0 Å². The van der Waals surface area contributed by atoms with E-state index in [1.807, 2.05) is 52.2 Å². The van der Waals surface area contributed by atoms with Crippen molar-refractivity contribution >= 4 is 34.4 Å². The van der Waals surface area contributed by atoms with Crippen LogP contribution in [0.4, 0.5) is 34.4 Å². The number of nitrogens with zero attached hydrogens (tertiary/aromatic N) is 10. The third-order valence-corrected chi connectivity index (χ3v) is 7.47. The molecule has 0 aliphatic carbocycles. The molecule has 0 aliphatic rings. The van der Waals surface area contributed by atoms with Crippen molar-refractivity contribution in [3.63, 3.8) is 0 Å². The van der Waals surface area contributed by atoms with Gasteiger partial charge >= 0.3 is 31.1 Å². The van der Waals surface area contributed by atoms with Crippen molar-refractivity contribution in [3.8, 4) is 11.8 Å². The third-order valence-electron chi connectivity index (χ3n) is 7.47. The van der Waals surface area contributed by atoms with Gasteiger partial charge in [-0.15, -0.1) is 9.36 Å². The van der Waals surface area contributed by atoms with Crippen LogP contribution >= 0.6 is 0 Å². The third kappa shape index (κ3) is 15.1. The molecule has 0 amide bonds. The maximum absolute atomic E-state index is 5.08. The zero-order valence-corrected chi connectivity index (χ0v) is 37.1. The molecule has 276 valence electrons. The molecule has 17 heteroatoms. The number of aromatic nitrogens is 4. The van der Waals surface area contributed by atoms with Gasteiger partial charge in [-0.3, -0.25) is 0 Å². The summed E-state index contributed by atoms with van der Waals surface area (Å²) in [6.07, 6.45) is 0. The summed E-state index contributed by atoms with van der Waals surface area (Å²) in [5.74, 6) is 2.42. The van der Waals surface area contributed by atoms with Gasteiger partial charge in [0, 0.05) is 61.8 Å². The van der Waals surface area contributed by atoms with E-state index in [1.54, 1.807) is 35.7 Å². The molecule has 0 atom stereocenters. The molecule has 0 N–H and O–H groups in total. The molecule has 4 aromatic rings. The van der Waals surface area contributed by atoms with Crippen LogP contribution in [-0.2, 0) is 33.6 Å². The number of ether oxygens (including phenoxy) is 2. The van der Waals surface area contributed by atoms with Crippen LogP contribution in [0.2, 0.25) is 0 Å². The molecule has 0 saturated heterocycles. The van der Waals surface area contributed by atoms with E-state index in [9.17, 15) is 0 Å². The maximum atomic E-state index is 5.08. The molecule has 0 spiro atoms. The number of hydrogen-bond donors (Lipinski definition) is 0. The summed E-state index contributed by atoms with van der Waals surface area (Å²) in [5, 5.41) is 25.7. The Morgan fingerprint density at radius 1 is 0.549 bits per heavy atom. The molecular weight excluding hydrogens is 788 g/mol. The summed E-state index contributed by atoms with van der Waals surface area (Å²) in [6, 6.07) is 19.7. The van der Waals surface area contributed by atoms with Gasteiger partial charge in [-0.25, -0.2) is 0 Å². The summed E-state index contributed by atoms with van der Waals surface area (Å²) in [7, 11) is 6.80. The summed E-state index contributed by atoms with van der Waals surface area (Å²) >= 11 is 0. The van der Waals surface area contributed by atoms with Crippen LogP contribution in [0.3, 0.4) is 0 Å². The zero-order valence-electron chi connectivity index (χ0n) is 31.1. The first-order valence-electron chi connectivity index (χ1n) is 15.5. The normalized spacial score (nSPS) is 9.92. The monoisotopic (exact) mass is 832 g/mol. The number of hydrogen-bond acceptors (Lipinski definition) is 10. The van der Waals surface area contributed by atoms with E-state index >= 15 is 0 Å². The number of anilines is 2. The van der Waals surface area contributed by atoms with Crippen molar-refractivity contribution in [3.05, 3.63) is 71.8 Å². The minimum atomic E-state index is 0. The van der Waals surface area contributed by atoms with Crippen molar-refractivity contribution in [1.82, 2.24) is 10.2 Å². The van der Waals surface area contributed by atoms with Gasteiger partial charge in [-0.05, 0) is 109 Å². The number of azo groups is 2. The van der Waals surface area contributed by atoms with Crippen LogP contribution in [0, 0.1) is 13.8 Å². The number of rotatable bonds is 12. The van der Waals surface area contributed by atoms with Crippen LogP contribution in [0.1, 0.15) is 38.8 Å². The SMILES string of the molecule is CCN(CC)c1ccc(N=Nc2ccc(OC)n[n+]2C)c(C)c1.CCN(CC)c1ccc(N=Nc2ccc(OC)n[n+]2C)c(C)c1.[Cl-].[Cl-].[Cl-].[Cl-].[Zn+2]. The Morgan fingerprint density at radius 3 is 1.14 bits per heavy atom. The fourth-order valence-corrected chi connectivity index (χ4v) is 4.67. The number of aryl methyl sites for hydroxylation is 4. The zero-order chi connectivity index (χ0) is 33.6. The van der Waals surface area contributed by atoms with E-state index in [0.29, 0.717) is 23.4 Å². The van der Waals surface area contributed by atoms with E-state index < -0.39 is 0 Å². The largest absolute Gasteiger partial charge is 2.00 e. The van der Waals surface area contributed by atoms with Crippen molar-refractivity contribution in [2.75, 3.05) is 50.2 Å². The van der Waals surface area contributed by atoms with Crippen LogP contribution < -0.4 is 78.3 Å². The number of benzene rings is 2. The van der Waals surface area contributed by atoms with Crippen LogP contribution in [0.15, 0.2) is 81.1 Å². The Kier molecular flexibility index (Phi) is 27.1. The summed E-state index contributed by atoms with van der Waals surface area (Å²) in [5.41, 5.74) is 6.34. The topological polar surface area (TPSA) is 108 Å². The van der Waals surface area contributed by atoms with Gasteiger partial charge in [0.2, 0.25) is 0 Å². The summed E-state index contributed by atoms with van der Waals surface area (Å²) in [6.45, 7) is 16.7. The first kappa shape index (κ1) is 52.1. The van der Waals surface area contributed by atoms with Gasteiger partial charge in [0.05, 0.1) is 24.4 Å². The number of methoxy groups -OCH3 is 2. The molecule has 2 aromatic heterocycles. The molecule has 0 saturated carbocycles. The van der Waals surface area contributed by atoms with Gasteiger partial charge in [0.25, 0.3) is 11.8 Å². The van der Waals surface area contributed by atoms with Crippen molar-refractivity contribution < 1.29 is 87.9 Å². The second-order valence-electron chi connectivity index (χ2n) is 10.4. The Morgan fingerprint density at radius 2 is 0.882 bits per heavy atom. The molecule has 0 fully saturated rings. The fourth-order valence-electron chi connectivity index (χ4n) is 4.67. The predicted molar refractivity (Wildman–Crippen MR) is 182 cm³/mol. The Bertz CT molecular complexity index is 1540. The summed E-state index contributed by atoms with van der Waals surface area (Å²) < 4.78 is 13.4. The minimum Gasteiger partial charge on any atom is -1.00 e. The molecule has 2 heterocycles. The molecular formula is C34H48Cl4N10O2Zn. The van der Waals surface area contributed by atoms with Gasteiger partial charge in [0.1, 0.15) is 25.5 Å². The number of halogens is 4. The molecule has 0 aliphatic heterocycles. The first-order valence-corrected chi connectivity index (χ1v) is 15.5. The Labute approximate surface area is 340 Å². The fraction of sp³-hybridized carbons (Fsp3) is 0.412. The minimum absolute atomic E-state index is 0. The van der Waals surface area contributed by atoms with Crippen LogP contribution in [0.25, 0.3) is 0 Å². The van der Waals surface area contributed by atoms with Crippen LogP contribution in [-0.4, -0.2) is 50.6 Å². The quantitative estimate of drug-likeness (QED) is 0.0805. The smallest absolute Gasteiger partial charge is 1.00 e. The van der Waals surface area contributed by atoms with Crippen LogP contribution in [0.5, 0.6) is 11.8 Å². The molecule has 4 rings (SSSR count). The Hall–Kier alpha value is -3.22. The average Bonchev–Trinajstić information content (AvgIpc) is 3.06. The second-order valence-corrected chi connectivity index (χ2v) is 10.4. The van der Waals surface area contributed by atoms with Gasteiger partial charge < -0.3 is 68.9 Å². The van der Waals surface area contributed by atoms with Crippen molar-refractivity contribution in [2.45, 2.75) is 41.5 Å². The van der Waals surface area contributed by atoms with E-state index in [1.165, 1.54) is 11.4 Å². The maximum Gasteiger partial charge on any atom is 2.00 e. The molecule has 51 heavy (non-hydrogen) atoms. The molecule has 0 unspecified atom stereocenters. The summed E-state index contributed by atoms with van der Waals surface area (Å²) in [4.78, 5) is 4.61. The average molecular weight is 836 g/mol. The molecule has 0 bridgehead atoms. The van der Waals surface area contributed by atoms with Gasteiger partial charge in [-0.1, -0.05) is 0 Å². The standard InChI is InChI=1S/2C17H24N5O.4ClH.Zn/c2*1-6-22(7-2)14-8-9-15(13(3)12-14)18-19-16-10-11-17(23-5)20-21(16)4;;;;;/h2*8-12H,6-7H2,1-5H3;4*1H;/q2*+1;;;;;+2/p-4. The Balaban J connectivity index is -0.000000823. The molecule has 2 aromatic carbocycles. The van der Waals surface area contributed by atoms with Crippen molar-refractivity contribution in [1.29, 1.82) is 0 Å². The molecule has 0 radical (unpaired) electrons. The predicted octanol–water partition coefficient (Wildman–Crippen LogP) is -5.02. The van der Waals surface area contributed by atoms with E-state index in [0.717, 1.165) is 48.7 Å².